The molecule has 18 heavy (non-hydrogen) atoms. The Morgan fingerprint density at radius 3 is 3.00 bits per heavy atom. The fourth-order valence-corrected chi connectivity index (χ4v) is 1.71. The van der Waals surface area contributed by atoms with E-state index in [4.69, 9.17) is 4.52 Å². The minimum atomic E-state index is -0.133. The molecule has 0 fully saturated rings. The molecule has 0 unspecified atom stereocenters. The lowest BCUT2D eigenvalue weighted by Gasteiger charge is -2.03. The van der Waals surface area contributed by atoms with Gasteiger partial charge in [0.15, 0.2) is 5.82 Å². The molecule has 5 nitrogen and oxygen atoms in total. The Balaban J connectivity index is 1.85. The van der Waals surface area contributed by atoms with Crippen molar-refractivity contribution >= 4 is 18.5 Å². The van der Waals surface area contributed by atoms with E-state index in [-0.39, 0.29) is 5.91 Å². The van der Waals surface area contributed by atoms with Gasteiger partial charge in [-0.05, 0) is 18.2 Å². The molecule has 94 valence electrons. The third-order valence-corrected chi connectivity index (χ3v) is 2.59. The molecule has 0 saturated heterocycles. The highest BCUT2D eigenvalue weighted by Crippen LogP contribution is 2.08. The average Bonchev–Trinajstić information content (AvgIpc) is 2.75. The van der Waals surface area contributed by atoms with Crippen LogP contribution in [0.3, 0.4) is 0 Å². The Hall–Kier alpha value is -1.82. The molecule has 0 atom stereocenters. The van der Waals surface area contributed by atoms with E-state index in [1.165, 1.54) is 0 Å². The third kappa shape index (κ3) is 3.33. The molecular formula is C12H13N3O2S. The van der Waals surface area contributed by atoms with E-state index in [0.29, 0.717) is 30.2 Å². The summed E-state index contributed by atoms with van der Waals surface area (Å²) in [7, 11) is 0. The highest BCUT2D eigenvalue weighted by molar-refractivity contribution is 7.80. The number of benzene rings is 1. The van der Waals surface area contributed by atoms with Crippen molar-refractivity contribution in [3.8, 4) is 0 Å². The van der Waals surface area contributed by atoms with Crippen LogP contribution in [0.2, 0.25) is 0 Å². The van der Waals surface area contributed by atoms with Crippen molar-refractivity contribution < 1.29 is 9.32 Å². The second-order valence-corrected chi connectivity index (χ2v) is 4.30. The molecule has 0 aliphatic rings. The van der Waals surface area contributed by atoms with E-state index in [2.05, 4.69) is 28.1 Å². The Morgan fingerprint density at radius 1 is 1.50 bits per heavy atom. The molecule has 2 rings (SSSR count). The van der Waals surface area contributed by atoms with Gasteiger partial charge in [0.1, 0.15) is 0 Å². The molecule has 0 bridgehead atoms. The Kier molecular flexibility index (Phi) is 3.99. The molecule has 0 radical (unpaired) electrons. The van der Waals surface area contributed by atoms with Gasteiger partial charge in [-0.2, -0.15) is 4.98 Å². The number of hydrogen-bond donors (Lipinski definition) is 2. The van der Waals surface area contributed by atoms with E-state index in [1.54, 1.807) is 25.1 Å². The van der Waals surface area contributed by atoms with Crippen LogP contribution in [0.4, 0.5) is 0 Å². The molecule has 0 spiro atoms. The van der Waals surface area contributed by atoms with Crippen LogP contribution in [-0.2, 0) is 6.42 Å². The maximum absolute atomic E-state index is 11.8. The summed E-state index contributed by atoms with van der Waals surface area (Å²) in [6.07, 6.45) is 0.545. The predicted octanol–water partition coefficient (Wildman–Crippen LogP) is 1.64. The zero-order valence-electron chi connectivity index (χ0n) is 9.88. The summed E-state index contributed by atoms with van der Waals surface area (Å²) in [5.74, 6) is 0.987. The molecule has 0 aliphatic heterocycles. The van der Waals surface area contributed by atoms with Crippen LogP contribution in [0.5, 0.6) is 0 Å². The number of hydrogen-bond acceptors (Lipinski definition) is 5. The summed E-state index contributed by atoms with van der Waals surface area (Å²) in [5.41, 5.74) is 0.590. The smallest absolute Gasteiger partial charge is 0.251 e. The Morgan fingerprint density at radius 2 is 2.33 bits per heavy atom. The number of amides is 1. The second-order valence-electron chi connectivity index (χ2n) is 3.79. The molecule has 1 aromatic carbocycles. The Bertz CT molecular complexity index is 554. The maximum Gasteiger partial charge on any atom is 0.251 e. The summed E-state index contributed by atoms with van der Waals surface area (Å²) in [6, 6.07) is 7.08. The first-order valence-corrected chi connectivity index (χ1v) is 5.96. The van der Waals surface area contributed by atoms with Gasteiger partial charge >= 0.3 is 0 Å². The van der Waals surface area contributed by atoms with Crippen LogP contribution in [0.25, 0.3) is 0 Å². The minimum absolute atomic E-state index is 0.133. The summed E-state index contributed by atoms with van der Waals surface area (Å²) in [5, 5.41) is 6.54. The standard InChI is InChI=1S/C12H13N3O2S/c1-8-14-11(15-17-8)5-6-13-12(16)9-3-2-4-10(18)7-9/h2-4,7,18H,5-6H2,1H3,(H,13,16). The summed E-state index contributed by atoms with van der Waals surface area (Å²) in [4.78, 5) is 16.6. The SMILES string of the molecule is Cc1nc(CCNC(=O)c2cccc(S)c2)no1. The van der Waals surface area contributed by atoms with Gasteiger partial charge in [-0.1, -0.05) is 11.2 Å². The highest BCUT2D eigenvalue weighted by Gasteiger charge is 2.06. The zero-order valence-corrected chi connectivity index (χ0v) is 10.8. The first kappa shape index (κ1) is 12.6. The largest absolute Gasteiger partial charge is 0.352 e. The van der Waals surface area contributed by atoms with Crippen LogP contribution in [0.15, 0.2) is 33.7 Å². The summed E-state index contributed by atoms with van der Waals surface area (Å²) in [6.45, 7) is 2.20. The summed E-state index contributed by atoms with van der Waals surface area (Å²) >= 11 is 4.19. The van der Waals surface area contributed by atoms with E-state index in [1.807, 2.05) is 6.07 Å². The molecular weight excluding hydrogens is 250 g/mol. The van der Waals surface area contributed by atoms with Crippen LogP contribution in [0, 0.1) is 6.92 Å². The van der Waals surface area contributed by atoms with E-state index in [0.717, 1.165) is 4.90 Å². The monoisotopic (exact) mass is 263 g/mol. The zero-order chi connectivity index (χ0) is 13.0. The third-order valence-electron chi connectivity index (χ3n) is 2.31. The lowest BCUT2D eigenvalue weighted by Crippen LogP contribution is -2.25. The molecule has 6 heteroatoms. The number of aromatic nitrogens is 2. The molecule has 2 aromatic rings. The normalized spacial score (nSPS) is 10.3. The number of nitrogens with zero attached hydrogens (tertiary/aromatic N) is 2. The number of carbonyl (C=O) groups is 1. The minimum Gasteiger partial charge on any atom is -0.352 e. The average molecular weight is 263 g/mol. The van der Waals surface area contributed by atoms with Crippen molar-refractivity contribution in [1.29, 1.82) is 0 Å². The van der Waals surface area contributed by atoms with Crippen LogP contribution in [0.1, 0.15) is 22.1 Å². The van der Waals surface area contributed by atoms with Gasteiger partial charge in [0, 0.05) is 30.3 Å². The van der Waals surface area contributed by atoms with Gasteiger partial charge < -0.3 is 9.84 Å². The van der Waals surface area contributed by atoms with Crippen molar-refractivity contribution in [1.82, 2.24) is 15.5 Å². The molecule has 1 N–H and O–H groups in total. The number of aryl methyl sites for hydroxylation is 1. The van der Waals surface area contributed by atoms with E-state index in [9.17, 15) is 4.79 Å². The first-order chi connectivity index (χ1) is 8.65. The van der Waals surface area contributed by atoms with Gasteiger partial charge in [-0.25, -0.2) is 0 Å². The topological polar surface area (TPSA) is 68.0 Å². The van der Waals surface area contributed by atoms with Gasteiger partial charge in [0.05, 0.1) is 0 Å². The van der Waals surface area contributed by atoms with Crippen molar-refractivity contribution in [2.45, 2.75) is 18.2 Å². The van der Waals surface area contributed by atoms with Crippen LogP contribution >= 0.6 is 12.6 Å². The van der Waals surface area contributed by atoms with E-state index >= 15 is 0 Å². The van der Waals surface area contributed by atoms with Crippen molar-refractivity contribution in [3.63, 3.8) is 0 Å². The van der Waals surface area contributed by atoms with Gasteiger partial charge in [0.2, 0.25) is 5.89 Å². The maximum atomic E-state index is 11.8. The number of rotatable bonds is 4. The molecule has 0 saturated carbocycles. The molecule has 1 aromatic heterocycles. The lowest BCUT2D eigenvalue weighted by atomic mass is 10.2. The first-order valence-electron chi connectivity index (χ1n) is 5.51. The fraction of sp³-hybridized carbons (Fsp3) is 0.250. The van der Waals surface area contributed by atoms with E-state index < -0.39 is 0 Å². The quantitative estimate of drug-likeness (QED) is 0.823. The number of thiol groups is 1. The lowest BCUT2D eigenvalue weighted by molar-refractivity contribution is 0.0953. The second kappa shape index (κ2) is 5.68. The van der Waals surface area contributed by atoms with Crippen LogP contribution < -0.4 is 5.32 Å². The van der Waals surface area contributed by atoms with Gasteiger partial charge in [-0.15, -0.1) is 12.6 Å². The number of carbonyl (C=O) groups excluding carboxylic acids is 1. The van der Waals surface area contributed by atoms with Gasteiger partial charge in [0.25, 0.3) is 5.91 Å². The van der Waals surface area contributed by atoms with Crippen molar-refractivity contribution in [2.24, 2.45) is 0 Å². The molecule has 1 amide bonds. The fourth-order valence-electron chi connectivity index (χ4n) is 1.48. The van der Waals surface area contributed by atoms with Crippen molar-refractivity contribution in [3.05, 3.63) is 41.5 Å². The van der Waals surface area contributed by atoms with Crippen LogP contribution in [-0.4, -0.2) is 22.6 Å². The molecule has 1 heterocycles. The van der Waals surface area contributed by atoms with Crippen molar-refractivity contribution in [2.75, 3.05) is 6.54 Å². The predicted molar refractivity (Wildman–Crippen MR) is 68.8 cm³/mol. The number of nitrogens with one attached hydrogen (secondary N) is 1. The Labute approximate surface area is 110 Å². The summed E-state index contributed by atoms with van der Waals surface area (Å²) < 4.78 is 4.84. The molecule has 0 aliphatic carbocycles. The van der Waals surface area contributed by atoms with Gasteiger partial charge in [-0.3, -0.25) is 4.79 Å². The highest BCUT2D eigenvalue weighted by atomic mass is 32.1.